The molecule has 1 saturated carbocycles. The molecule has 2 heteroatoms. The van der Waals surface area contributed by atoms with E-state index >= 15 is 0 Å². The van der Waals surface area contributed by atoms with Crippen LogP contribution in [-0.2, 0) is 0 Å². The Morgan fingerprint density at radius 1 is 1.26 bits per heavy atom. The van der Waals surface area contributed by atoms with E-state index in [9.17, 15) is 4.79 Å². The maximum atomic E-state index is 12.8. The van der Waals surface area contributed by atoms with E-state index in [2.05, 4.69) is 20.8 Å². The van der Waals surface area contributed by atoms with Gasteiger partial charge in [-0.2, -0.15) is 0 Å². The molecule has 0 radical (unpaired) electrons. The van der Waals surface area contributed by atoms with Gasteiger partial charge in [0.2, 0.25) is 0 Å². The maximum Gasteiger partial charge on any atom is 0.170 e. The van der Waals surface area contributed by atoms with Crippen molar-refractivity contribution in [2.45, 2.75) is 46.5 Å². The lowest BCUT2D eigenvalue weighted by atomic mass is 9.67. The van der Waals surface area contributed by atoms with E-state index in [4.69, 9.17) is 5.73 Å². The minimum absolute atomic E-state index is 0.255. The average molecular weight is 259 g/mol. The van der Waals surface area contributed by atoms with Crippen molar-refractivity contribution in [1.82, 2.24) is 0 Å². The quantitative estimate of drug-likeness (QED) is 0.842. The van der Waals surface area contributed by atoms with Gasteiger partial charge in [-0.05, 0) is 62.6 Å². The zero-order chi connectivity index (χ0) is 14.0. The lowest BCUT2D eigenvalue weighted by Gasteiger charge is -2.37. The number of hydrogen-bond donors (Lipinski definition) is 1. The van der Waals surface area contributed by atoms with Gasteiger partial charge in [0.15, 0.2) is 5.78 Å². The number of Topliss-reactive ketones (excluding diaryl/α,β-unsaturated/α-hetero) is 1. The summed E-state index contributed by atoms with van der Waals surface area (Å²) in [5.74, 6) is 0.984. The minimum atomic E-state index is -0.311. The van der Waals surface area contributed by atoms with Gasteiger partial charge in [-0.15, -0.1) is 0 Å². The Morgan fingerprint density at radius 2 is 1.89 bits per heavy atom. The molecule has 2 N–H and O–H groups in total. The number of hydrogen-bond acceptors (Lipinski definition) is 2. The predicted octanol–water partition coefficient (Wildman–Crippen LogP) is 3.64. The summed E-state index contributed by atoms with van der Waals surface area (Å²) >= 11 is 0. The summed E-state index contributed by atoms with van der Waals surface area (Å²) in [6.45, 7) is 6.88. The molecule has 19 heavy (non-hydrogen) atoms. The topological polar surface area (TPSA) is 43.1 Å². The standard InChI is InChI=1S/C17H25NO/c1-12-6-8-17(11-18,9-7-12)16(19)15-5-4-13(2)14(3)10-15/h4-5,10,12H,6-9,11,18H2,1-3H3. The Hall–Kier alpha value is -1.15. The summed E-state index contributed by atoms with van der Waals surface area (Å²) in [7, 11) is 0. The monoisotopic (exact) mass is 259 g/mol. The van der Waals surface area contributed by atoms with Crippen LogP contribution in [0.3, 0.4) is 0 Å². The van der Waals surface area contributed by atoms with Crippen molar-refractivity contribution in [3.63, 3.8) is 0 Å². The third kappa shape index (κ3) is 2.74. The summed E-state index contributed by atoms with van der Waals surface area (Å²) in [5, 5.41) is 0. The van der Waals surface area contributed by atoms with E-state index < -0.39 is 0 Å². The number of aryl methyl sites for hydroxylation is 2. The fourth-order valence-corrected chi connectivity index (χ4v) is 3.03. The van der Waals surface area contributed by atoms with Gasteiger partial charge in [0.25, 0.3) is 0 Å². The number of ketones is 1. The molecule has 0 unspecified atom stereocenters. The molecule has 2 nitrogen and oxygen atoms in total. The molecule has 104 valence electrons. The summed E-state index contributed by atoms with van der Waals surface area (Å²) in [6.07, 6.45) is 4.12. The molecule has 0 saturated heterocycles. The average Bonchev–Trinajstić information content (AvgIpc) is 2.42. The summed E-state index contributed by atoms with van der Waals surface area (Å²) in [4.78, 5) is 12.8. The lowest BCUT2D eigenvalue weighted by molar-refractivity contribution is 0.0695. The number of carbonyl (C=O) groups is 1. The Morgan fingerprint density at radius 3 is 2.42 bits per heavy atom. The molecule has 0 heterocycles. The third-order valence-corrected chi connectivity index (χ3v) is 4.87. The smallest absolute Gasteiger partial charge is 0.170 e. The number of nitrogens with two attached hydrogens (primary N) is 1. The first-order chi connectivity index (χ1) is 8.98. The summed E-state index contributed by atoms with van der Waals surface area (Å²) in [5.41, 5.74) is 8.91. The maximum absolute atomic E-state index is 12.8. The van der Waals surface area contributed by atoms with Gasteiger partial charge >= 0.3 is 0 Å². The van der Waals surface area contributed by atoms with E-state index in [1.165, 1.54) is 11.1 Å². The van der Waals surface area contributed by atoms with Crippen molar-refractivity contribution in [1.29, 1.82) is 0 Å². The van der Waals surface area contributed by atoms with Crippen LogP contribution in [0.15, 0.2) is 18.2 Å². The Kier molecular flexibility index (Phi) is 4.10. The second-order valence-corrected chi connectivity index (χ2v) is 6.30. The van der Waals surface area contributed by atoms with E-state index in [1.54, 1.807) is 0 Å². The summed E-state index contributed by atoms with van der Waals surface area (Å²) < 4.78 is 0. The molecule has 0 atom stereocenters. The number of benzene rings is 1. The van der Waals surface area contributed by atoms with Gasteiger partial charge in [0, 0.05) is 17.5 Å². The third-order valence-electron chi connectivity index (χ3n) is 4.87. The first-order valence-corrected chi connectivity index (χ1v) is 7.30. The molecule has 2 rings (SSSR count). The zero-order valence-corrected chi connectivity index (χ0v) is 12.3. The molecular formula is C17H25NO. The van der Waals surface area contributed by atoms with Gasteiger partial charge < -0.3 is 5.73 Å². The fourth-order valence-electron chi connectivity index (χ4n) is 3.03. The largest absolute Gasteiger partial charge is 0.329 e. The molecule has 1 fully saturated rings. The van der Waals surface area contributed by atoms with Crippen molar-refractivity contribution in [3.8, 4) is 0 Å². The number of rotatable bonds is 3. The van der Waals surface area contributed by atoms with Crippen molar-refractivity contribution in [2.24, 2.45) is 17.1 Å². The van der Waals surface area contributed by atoms with Gasteiger partial charge in [-0.1, -0.05) is 19.1 Å². The molecule has 0 spiro atoms. The highest BCUT2D eigenvalue weighted by molar-refractivity contribution is 6.01. The number of carbonyl (C=O) groups excluding carboxylic acids is 1. The Labute approximate surface area is 116 Å². The molecular weight excluding hydrogens is 234 g/mol. The first-order valence-electron chi connectivity index (χ1n) is 7.30. The van der Waals surface area contributed by atoms with Gasteiger partial charge in [-0.3, -0.25) is 4.79 Å². The van der Waals surface area contributed by atoms with Crippen LogP contribution in [0.2, 0.25) is 0 Å². The van der Waals surface area contributed by atoms with Crippen LogP contribution in [0.5, 0.6) is 0 Å². The molecule has 1 aliphatic carbocycles. The van der Waals surface area contributed by atoms with Crippen LogP contribution in [0.4, 0.5) is 0 Å². The molecule has 0 amide bonds. The van der Waals surface area contributed by atoms with Crippen molar-refractivity contribution >= 4 is 5.78 Å². The van der Waals surface area contributed by atoms with Gasteiger partial charge in [0.05, 0.1) is 0 Å². The SMILES string of the molecule is Cc1ccc(C(=O)C2(CN)CCC(C)CC2)cc1C. The van der Waals surface area contributed by atoms with Crippen LogP contribution in [-0.4, -0.2) is 12.3 Å². The second-order valence-electron chi connectivity index (χ2n) is 6.30. The van der Waals surface area contributed by atoms with Crippen LogP contribution in [0.25, 0.3) is 0 Å². The van der Waals surface area contributed by atoms with Gasteiger partial charge in [-0.25, -0.2) is 0 Å². The van der Waals surface area contributed by atoms with E-state index in [-0.39, 0.29) is 11.2 Å². The molecule has 1 aliphatic rings. The normalized spacial score (nSPS) is 27.3. The molecule has 0 aliphatic heterocycles. The molecule has 1 aromatic carbocycles. The Bertz CT molecular complexity index is 470. The fraction of sp³-hybridized carbons (Fsp3) is 0.588. The van der Waals surface area contributed by atoms with Crippen molar-refractivity contribution < 1.29 is 4.79 Å². The Balaban J connectivity index is 2.28. The van der Waals surface area contributed by atoms with Gasteiger partial charge in [0.1, 0.15) is 0 Å². The molecule has 1 aromatic rings. The van der Waals surface area contributed by atoms with E-state index in [1.807, 2.05) is 18.2 Å². The lowest BCUT2D eigenvalue weighted by Crippen LogP contribution is -2.41. The van der Waals surface area contributed by atoms with Crippen LogP contribution in [0, 0.1) is 25.2 Å². The predicted molar refractivity (Wildman–Crippen MR) is 79.4 cm³/mol. The van der Waals surface area contributed by atoms with Crippen LogP contribution < -0.4 is 5.73 Å². The molecule has 0 bridgehead atoms. The first kappa shape index (κ1) is 14.3. The molecule has 0 aromatic heterocycles. The summed E-state index contributed by atoms with van der Waals surface area (Å²) in [6, 6.07) is 6.02. The van der Waals surface area contributed by atoms with Crippen LogP contribution in [0.1, 0.15) is 54.1 Å². The van der Waals surface area contributed by atoms with Crippen molar-refractivity contribution in [2.75, 3.05) is 6.54 Å². The van der Waals surface area contributed by atoms with E-state index in [0.717, 1.165) is 37.2 Å². The highest BCUT2D eigenvalue weighted by Gasteiger charge is 2.40. The van der Waals surface area contributed by atoms with Crippen LogP contribution >= 0.6 is 0 Å². The minimum Gasteiger partial charge on any atom is -0.329 e. The highest BCUT2D eigenvalue weighted by Crippen LogP contribution is 2.40. The van der Waals surface area contributed by atoms with E-state index in [0.29, 0.717) is 6.54 Å². The van der Waals surface area contributed by atoms with Crippen molar-refractivity contribution in [3.05, 3.63) is 34.9 Å². The highest BCUT2D eigenvalue weighted by atomic mass is 16.1. The zero-order valence-electron chi connectivity index (χ0n) is 12.3. The second kappa shape index (κ2) is 5.46.